The average molecular weight is 390 g/mol. The van der Waals surface area contributed by atoms with E-state index in [0.29, 0.717) is 12.3 Å². The van der Waals surface area contributed by atoms with Crippen LogP contribution in [-0.2, 0) is 11.3 Å². The summed E-state index contributed by atoms with van der Waals surface area (Å²) in [5.41, 5.74) is 1.33. The Kier molecular flexibility index (Phi) is 8.27. The molecule has 0 aromatic heterocycles. The fourth-order valence-electron chi connectivity index (χ4n) is 4.44. The van der Waals surface area contributed by atoms with E-state index in [9.17, 15) is 15.0 Å². The third-order valence-electron chi connectivity index (χ3n) is 6.23. The molecule has 0 unspecified atom stereocenters. The van der Waals surface area contributed by atoms with E-state index in [-0.39, 0.29) is 25.2 Å². The molecule has 2 N–H and O–H groups in total. The Hall–Kier alpha value is -1.47. The van der Waals surface area contributed by atoms with Crippen LogP contribution < -0.4 is 0 Å². The van der Waals surface area contributed by atoms with Gasteiger partial charge < -0.3 is 15.1 Å². The van der Waals surface area contributed by atoms with Crippen LogP contribution in [0.2, 0.25) is 0 Å². The predicted molar refractivity (Wildman–Crippen MR) is 110 cm³/mol. The predicted octanol–water partition coefficient (Wildman–Crippen LogP) is 1.18. The van der Waals surface area contributed by atoms with Crippen LogP contribution in [0, 0.1) is 5.92 Å². The van der Waals surface area contributed by atoms with Crippen molar-refractivity contribution in [3.8, 4) is 0 Å². The summed E-state index contributed by atoms with van der Waals surface area (Å²) in [5, 5.41) is 18.8. The summed E-state index contributed by atoms with van der Waals surface area (Å²) in [6, 6.07) is 10.3. The van der Waals surface area contributed by atoms with Gasteiger partial charge in [-0.25, -0.2) is 0 Å². The summed E-state index contributed by atoms with van der Waals surface area (Å²) in [7, 11) is 0. The van der Waals surface area contributed by atoms with Gasteiger partial charge in [-0.1, -0.05) is 30.3 Å². The summed E-state index contributed by atoms with van der Waals surface area (Å²) >= 11 is 0. The Morgan fingerprint density at radius 3 is 2.43 bits per heavy atom. The van der Waals surface area contributed by atoms with Crippen LogP contribution >= 0.6 is 0 Å². The zero-order valence-electron chi connectivity index (χ0n) is 16.9. The number of benzene rings is 1. The lowest BCUT2D eigenvalue weighted by Gasteiger charge is -2.37. The first kappa shape index (κ1) is 21.2. The monoisotopic (exact) mass is 389 g/mol. The molecule has 2 saturated heterocycles. The van der Waals surface area contributed by atoms with Gasteiger partial charge in [0.15, 0.2) is 0 Å². The standard InChI is InChI=1S/C22H35N3O3/c26-17-21(18-27)25-10-4-7-20(16-25)8-9-22(28)24-13-11-23(12-14-24)15-19-5-2-1-3-6-19/h1-3,5-6,20-21,26-27H,4,7-18H2/t20-/m0/s1. The van der Waals surface area contributed by atoms with Crippen molar-refractivity contribution in [2.75, 3.05) is 52.5 Å². The molecule has 0 saturated carbocycles. The normalized spacial score (nSPS) is 22.0. The van der Waals surface area contributed by atoms with Crippen molar-refractivity contribution in [2.45, 2.75) is 38.3 Å². The molecule has 6 heteroatoms. The van der Waals surface area contributed by atoms with Gasteiger partial charge in [0.25, 0.3) is 0 Å². The summed E-state index contributed by atoms with van der Waals surface area (Å²) in [6.07, 6.45) is 3.73. The number of nitrogens with zero attached hydrogens (tertiary/aromatic N) is 3. The van der Waals surface area contributed by atoms with Crippen LogP contribution in [0.5, 0.6) is 0 Å². The van der Waals surface area contributed by atoms with E-state index >= 15 is 0 Å². The van der Waals surface area contributed by atoms with Gasteiger partial charge in [-0.15, -0.1) is 0 Å². The molecule has 1 atom stereocenters. The highest BCUT2D eigenvalue weighted by atomic mass is 16.3. The van der Waals surface area contributed by atoms with Crippen LogP contribution in [0.15, 0.2) is 30.3 Å². The summed E-state index contributed by atoms with van der Waals surface area (Å²) < 4.78 is 0. The fraction of sp³-hybridized carbons (Fsp3) is 0.682. The van der Waals surface area contributed by atoms with Gasteiger partial charge >= 0.3 is 0 Å². The minimum Gasteiger partial charge on any atom is -0.395 e. The Morgan fingerprint density at radius 2 is 1.75 bits per heavy atom. The molecule has 2 heterocycles. The topological polar surface area (TPSA) is 67.2 Å². The summed E-state index contributed by atoms with van der Waals surface area (Å²) in [6.45, 7) is 6.27. The number of aliphatic hydroxyl groups excluding tert-OH is 2. The van der Waals surface area contributed by atoms with Gasteiger partial charge in [-0.3, -0.25) is 14.6 Å². The SMILES string of the molecule is O=C(CC[C@@H]1CCCN(C(CO)CO)C1)N1CCN(Cc2ccccc2)CC1. The van der Waals surface area contributed by atoms with E-state index in [1.165, 1.54) is 5.56 Å². The van der Waals surface area contributed by atoms with E-state index in [4.69, 9.17) is 0 Å². The van der Waals surface area contributed by atoms with Crippen molar-refractivity contribution in [3.05, 3.63) is 35.9 Å². The van der Waals surface area contributed by atoms with Gasteiger partial charge in [-0.05, 0) is 37.3 Å². The lowest BCUT2D eigenvalue weighted by molar-refractivity contribution is -0.133. The first-order valence-corrected chi connectivity index (χ1v) is 10.7. The van der Waals surface area contributed by atoms with Crippen LogP contribution in [0.4, 0.5) is 0 Å². The molecule has 1 aromatic rings. The smallest absolute Gasteiger partial charge is 0.222 e. The lowest BCUT2D eigenvalue weighted by Crippen LogP contribution is -2.48. The zero-order valence-corrected chi connectivity index (χ0v) is 16.9. The Labute approximate surface area is 168 Å². The number of aliphatic hydroxyl groups is 2. The lowest BCUT2D eigenvalue weighted by atomic mass is 9.92. The highest BCUT2D eigenvalue weighted by molar-refractivity contribution is 5.76. The number of carbonyl (C=O) groups excluding carboxylic acids is 1. The third kappa shape index (κ3) is 6.01. The molecule has 28 heavy (non-hydrogen) atoms. The molecule has 2 aliphatic rings. The number of hydrogen-bond donors (Lipinski definition) is 2. The number of amides is 1. The molecule has 1 aromatic carbocycles. The molecular formula is C22H35N3O3. The fourth-order valence-corrected chi connectivity index (χ4v) is 4.44. The van der Waals surface area contributed by atoms with Gasteiger partial charge in [0.05, 0.1) is 19.3 Å². The summed E-state index contributed by atoms with van der Waals surface area (Å²) in [5.74, 6) is 0.759. The second-order valence-corrected chi connectivity index (χ2v) is 8.20. The van der Waals surface area contributed by atoms with Crippen molar-refractivity contribution in [1.82, 2.24) is 14.7 Å². The Morgan fingerprint density at radius 1 is 1.04 bits per heavy atom. The molecule has 1 amide bonds. The van der Waals surface area contributed by atoms with E-state index in [1.807, 2.05) is 11.0 Å². The summed E-state index contributed by atoms with van der Waals surface area (Å²) in [4.78, 5) is 19.3. The third-order valence-corrected chi connectivity index (χ3v) is 6.23. The molecule has 2 fully saturated rings. The average Bonchev–Trinajstić information content (AvgIpc) is 2.74. The van der Waals surface area contributed by atoms with E-state index in [0.717, 1.165) is 65.1 Å². The van der Waals surface area contributed by atoms with Crippen molar-refractivity contribution in [1.29, 1.82) is 0 Å². The molecule has 0 aliphatic carbocycles. The highest BCUT2D eigenvalue weighted by Gasteiger charge is 2.27. The van der Waals surface area contributed by atoms with E-state index in [2.05, 4.69) is 34.1 Å². The number of piperazine rings is 1. The van der Waals surface area contributed by atoms with Gasteiger partial charge in [0, 0.05) is 45.7 Å². The maximum atomic E-state index is 12.6. The molecule has 3 rings (SSSR count). The molecule has 156 valence electrons. The highest BCUT2D eigenvalue weighted by Crippen LogP contribution is 2.23. The van der Waals surface area contributed by atoms with Crippen LogP contribution in [-0.4, -0.2) is 89.3 Å². The minimum atomic E-state index is -0.156. The Balaban J connectivity index is 1.37. The largest absolute Gasteiger partial charge is 0.395 e. The maximum absolute atomic E-state index is 12.6. The van der Waals surface area contributed by atoms with Gasteiger partial charge in [-0.2, -0.15) is 0 Å². The number of hydrogen-bond acceptors (Lipinski definition) is 5. The number of piperidine rings is 1. The zero-order chi connectivity index (χ0) is 19.8. The second-order valence-electron chi connectivity index (χ2n) is 8.20. The first-order chi connectivity index (χ1) is 13.7. The molecule has 0 radical (unpaired) electrons. The maximum Gasteiger partial charge on any atom is 0.222 e. The number of carbonyl (C=O) groups is 1. The molecule has 0 bridgehead atoms. The Bertz CT molecular complexity index is 586. The number of rotatable bonds is 8. The second kappa shape index (κ2) is 10.9. The van der Waals surface area contributed by atoms with Crippen LogP contribution in [0.1, 0.15) is 31.2 Å². The number of likely N-dealkylation sites (tertiary alicyclic amines) is 1. The molecule has 2 aliphatic heterocycles. The van der Waals surface area contributed by atoms with Crippen molar-refractivity contribution < 1.29 is 15.0 Å². The van der Waals surface area contributed by atoms with Crippen molar-refractivity contribution in [3.63, 3.8) is 0 Å². The van der Waals surface area contributed by atoms with Gasteiger partial charge in [0.2, 0.25) is 5.91 Å². The van der Waals surface area contributed by atoms with Crippen molar-refractivity contribution >= 4 is 5.91 Å². The molecule has 6 nitrogen and oxygen atoms in total. The first-order valence-electron chi connectivity index (χ1n) is 10.7. The van der Waals surface area contributed by atoms with Crippen LogP contribution in [0.25, 0.3) is 0 Å². The van der Waals surface area contributed by atoms with E-state index in [1.54, 1.807) is 0 Å². The van der Waals surface area contributed by atoms with Crippen LogP contribution in [0.3, 0.4) is 0 Å². The minimum absolute atomic E-state index is 0.00455. The van der Waals surface area contributed by atoms with Gasteiger partial charge in [0.1, 0.15) is 0 Å². The molecular weight excluding hydrogens is 354 g/mol. The van der Waals surface area contributed by atoms with E-state index < -0.39 is 0 Å². The molecule has 0 spiro atoms. The van der Waals surface area contributed by atoms with Crippen molar-refractivity contribution in [2.24, 2.45) is 5.92 Å². The quantitative estimate of drug-likeness (QED) is 0.699.